The summed E-state index contributed by atoms with van der Waals surface area (Å²) in [5.74, 6) is 0. The number of aromatic nitrogens is 3. The first kappa shape index (κ1) is 24.2. The van der Waals surface area contributed by atoms with Crippen LogP contribution in [0, 0.1) is 0 Å². The minimum absolute atomic E-state index is 0.0855. The lowest BCUT2D eigenvalue weighted by molar-refractivity contribution is -0.704. The largest absolute Gasteiger partial charge is 0.213 e. The van der Waals surface area contributed by atoms with Crippen LogP contribution in [0.3, 0.4) is 0 Å². The second kappa shape index (κ2) is 10.3. The van der Waals surface area contributed by atoms with Gasteiger partial charge in [-0.2, -0.15) is 9.13 Å². The van der Waals surface area contributed by atoms with Crippen LogP contribution in [0.2, 0.25) is 0 Å². The van der Waals surface area contributed by atoms with Gasteiger partial charge in [0, 0.05) is 59.5 Å². The molecule has 0 aliphatic carbocycles. The number of pyridine rings is 3. The average Bonchev–Trinajstić information content (AvgIpc) is 3.01. The van der Waals surface area contributed by atoms with Gasteiger partial charge in [0.15, 0.2) is 31.2 Å². The topological polar surface area (TPSA) is 11.6 Å². The van der Waals surface area contributed by atoms with Gasteiger partial charge in [0.05, 0.1) is 11.1 Å². The van der Waals surface area contributed by atoms with Gasteiger partial charge in [-0.1, -0.05) is 54.6 Å². The van der Waals surface area contributed by atoms with Crippen molar-refractivity contribution >= 4 is 0 Å². The van der Waals surface area contributed by atoms with E-state index in [0.29, 0.717) is 0 Å². The molecule has 0 spiro atoms. The number of fused-ring (bicyclic) bond motifs is 6. The van der Waals surface area contributed by atoms with E-state index in [2.05, 4.69) is 167 Å². The SMILES string of the molecule is C[n+]1ccccc1-c1ccccc1CC1c2ccccc2-c2cccc[n+]2Cc2ccccc2-c2cccc[n+]21. The molecule has 0 amide bonds. The van der Waals surface area contributed by atoms with Gasteiger partial charge < -0.3 is 0 Å². The minimum atomic E-state index is 0.0855. The van der Waals surface area contributed by atoms with E-state index in [0.717, 1.165) is 13.0 Å². The van der Waals surface area contributed by atoms with E-state index in [1.807, 2.05) is 0 Å². The number of rotatable bonds is 3. The molecule has 3 heteroatoms. The van der Waals surface area contributed by atoms with Crippen LogP contribution in [-0.4, -0.2) is 0 Å². The monoisotopic (exact) mass is 518 g/mol. The molecule has 0 radical (unpaired) electrons. The third kappa shape index (κ3) is 4.30. The standard InChI is InChI=1S/C37H32N3/c1-38-23-11-8-20-34(38)30-16-4-2-14-28(30)26-37-33-19-7-6-18-32(33)35-21-9-12-24-39(35)27-29-15-3-5-17-31(29)36-22-10-13-25-40(36)37/h2-25,37H,26-27H2,1H3/q+3. The van der Waals surface area contributed by atoms with Gasteiger partial charge in [0.2, 0.25) is 17.1 Å². The lowest BCUT2D eigenvalue weighted by atomic mass is 9.89. The summed E-state index contributed by atoms with van der Waals surface area (Å²) in [5, 5.41) is 0. The van der Waals surface area contributed by atoms with Crippen LogP contribution in [0.4, 0.5) is 0 Å². The van der Waals surface area contributed by atoms with E-state index in [-0.39, 0.29) is 6.04 Å². The Hall–Kier alpha value is -4.89. The third-order valence-electron chi connectivity index (χ3n) is 8.16. The zero-order valence-electron chi connectivity index (χ0n) is 22.7. The Balaban J connectivity index is 1.51. The van der Waals surface area contributed by atoms with Crippen LogP contribution in [0.15, 0.2) is 146 Å². The van der Waals surface area contributed by atoms with Crippen molar-refractivity contribution in [1.82, 2.24) is 0 Å². The fourth-order valence-electron chi connectivity index (χ4n) is 6.25. The highest BCUT2D eigenvalue weighted by Crippen LogP contribution is 2.34. The van der Waals surface area contributed by atoms with Crippen molar-refractivity contribution in [2.75, 3.05) is 0 Å². The molecule has 3 aromatic heterocycles. The zero-order valence-corrected chi connectivity index (χ0v) is 22.7. The van der Waals surface area contributed by atoms with Gasteiger partial charge in [-0.3, -0.25) is 0 Å². The summed E-state index contributed by atoms with van der Waals surface area (Å²) in [6.45, 7) is 0.813. The van der Waals surface area contributed by atoms with Gasteiger partial charge in [-0.25, -0.2) is 4.57 Å². The summed E-state index contributed by atoms with van der Waals surface area (Å²) in [5.41, 5.74) is 11.5. The number of aryl methyl sites for hydroxylation is 1. The molecule has 1 atom stereocenters. The van der Waals surface area contributed by atoms with Gasteiger partial charge in [0.1, 0.15) is 7.05 Å². The van der Waals surface area contributed by atoms with E-state index in [1.54, 1.807) is 0 Å². The predicted octanol–water partition coefficient (Wildman–Crippen LogP) is 6.28. The maximum Gasteiger partial charge on any atom is 0.213 e. The van der Waals surface area contributed by atoms with Crippen LogP contribution >= 0.6 is 0 Å². The molecule has 0 N–H and O–H groups in total. The summed E-state index contributed by atoms with van der Waals surface area (Å²) in [6, 6.07) is 46.3. The van der Waals surface area contributed by atoms with Crippen LogP contribution < -0.4 is 13.7 Å². The summed E-state index contributed by atoms with van der Waals surface area (Å²) in [4.78, 5) is 0. The van der Waals surface area contributed by atoms with Crippen LogP contribution in [-0.2, 0) is 20.0 Å². The molecule has 1 aliphatic rings. The average molecular weight is 519 g/mol. The Kier molecular flexibility index (Phi) is 6.25. The first-order chi connectivity index (χ1) is 19.8. The van der Waals surface area contributed by atoms with Gasteiger partial charge in [-0.15, -0.1) is 0 Å². The number of benzene rings is 3. The summed E-state index contributed by atoms with van der Waals surface area (Å²) < 4.78 is 7.10. The van der Waals surface area contributed by atoms with Gasteiger partial charge in [0.25, 0.3) is 0 Å². The number of hydrogen-bond acceptors (Lipinski definition) is 0. The molecule has 1 aliphatic heterocycles. The molecule has 3 nitrogen and oxygen atoms in total. The highest BCUT2D eigenvalue weighted by atomic mass is 15.0. The molecule has 0 saturated heterocycles. The van der Waals surface area contributed by atoms with Crippen molar-refractivity contribution < 1.29 is 13.7 Å². The molecule has 1 unspecified atom stereocenters. The van der Waals surface area contributed by atoms with E-state index in [1.165, 1.54) is 50.5 Å². The van der Waals surface area contributed by atoms with E-state index in [4.69, 9.17) is 0 Å². The van der Waals surface area contributed by atoms with Crippen LogP contribution in [0.5, 0.6) is 0 Å². The molecule has 6 aromatic rings. The van der Waals surface area contributed by atoms with Crippen LogP contribution in [0.25, 0.3) is 33.8 Å². The fourth-order valence-corrected chi connectivity index (χ4v) is 6.25. The van der Waals surface area contributed by atoms with Crippen molar-refractivity contribution in [2.24, 2.45) is 7.05 Å². The molecule has 40 heavy (non-hydrogen) atoms. The normalized spacial score (nSPS) is 13.9. The van der Waals surface area contributed by atoms with Gasteiger partial charge in [-0.05, 0) is 42.0 Å². The predicted molar refractivity (Wildman–Crippen MR) is 158 cm³/mol. The Morgan fingerprint density at radius 3 is 2.02 bits per heavy atom. The summed E-state index contributed by atoms with van der Waals surface area (Å²) in [6.07, 6.45) is 7.46. The molecule has 0 saturated carbocycles. The highest BCUT2D eigenvalue weighted by Gasteiger charge is 2.33. The Bertz CT molecular complexity index is 1750. The van der Waals surface area contributed by atoms with Crippen molar-refractivity contribution in [3.63, 3.8) is 0 Å². The molecular weight excluding hydrogens is 486 g/mol. The molecule has 0 fully saturated rings. The van der Waals surface area contributed by atoms with E-state index in [9.17, 15) is 0 Å². The van der Waals surface area contributed by atoms with Crippen molar-refractivity contribution in [3.8, 4) is 33.8 Å². The van der Waals surface area contributed by atoms with E-state index < -0.39 is 0 Å². The van der Waals surface area contributed by atoms with Crippen molar-refractivity contribution in [3.05, 3.63) is 163 Å². The smallest absolute Gasteiger partial charge is 0.201 e. The first-order valence-corrected chi connectivity index (χ1v) is 14.0. The lowest BCUT2D eigenvalue weighted by Gasteiger charge is -2.21. The minimum Gasteiger partial charge on any atom is -0.201 e. The lowest BCUT2D eigenvalue weighted by Crippen LogP contribution is -2.45. The molecular formula is C37H32N3+3. The molecule has 192 valence electrons. The maximum absolute atomic E-state index is 2.50. The Morgan fingerprint density at radius 1 is 0.550 bits per heavy atom. The summed E-state index contributed by atoms with van der Waals surface area (Å²) >= 11 is 0. The van der Waals surface area contributed by atoms with Crippen molar-refractivity contribution in [2.45, 2.75) is 19.0 Å². The molecule has 7 rings (SSSR count). The third-order valence-corrected chi connectivity index (χ3v) is 8.16. The second-order valence-electron chi connectivity index (χ2n) is 10.5. The number of hydrogen-bond donors (Lipinski definition) is 0. The zero-order chi connectivity index (χ0) is 26.9. The highest BCUT2D eigenvalue weighted by molar-refractivity contribution is 5.65. The van der Waals surface area contributed by atoms with Gasteiger partial charge >= 0.3 is 0 Å². The van der Waals surface area contributed by atoms with Crippen LogP contribution in [0.1, 0.15) is 22.7 Å². The van der Waals surface area contributed by atoms with E-state index >= 15 is 0 Å². The molecule has 3 aromatic carbocycles. The second-order valence-corrected chi connectivity index (χ2v) is 10.5. The van der Waals surface area contributed by atoms with Crippen molar-refractivity contribution in [1.29, 1.82) is 0 Å². The Labute approximate surface area is 235 Å². The maximum atomic E-state index is 2.50. The quantitative estimate of drug-likeness (QED) is 0.244. The Morgan fingerprint density at radius 2 is 1.18 bits per heavy atom. The molecule has 4 heterocycles. The summed E-state index contributed by atoms with van der Waals surface area (Å²) in [7, 11) is 2.13. The number of nitrogens with zero attached hydrogens (tertiary/aromatic N) is 3. The fraction of sp³-hybridized carbons (Fsp3) is 0.108. The first-order valence-electron chi connectivity index (χ1n) is 14.0. The molecule has 0 bridgehead atoms.